The lowest BCUT2D eigenvalue weighted by molar-refractivity contribution is 0.276. The average molecular weight is 344 g/mol. The van der Waals surface area contributed by atoms with Crippen LogP contribution in [0.25, 0.3) is 0 Å². The minimum Gasteiger partial charge on any atom is -0.494 e. The van der Waals surface area contributed by atoms with E-state index >= 15 is 0 Å². The zero-order valence-electron chi connectivity index (χ0n) is 14.5. The Balaban J connectivity index is 0.00000484. The van der Waals surface area contributed by atoms with Crippen molar-refractivity contribution in [3.05, 3.63) is 29.8 Å². The summed E-state index contributed by atoms with van der Waals surface area (Å²) in [6.45, 7) is 3.17. The first-order valence-electron chi connectivity index (χ1n) is 8.87. The standard InChI is InChI=1S/C19H33NO2.ClH/c1-2-3-4-5-6-7-8-9-16-22-18-12-10-17(11-13-18)19(20)14-15-21;/h10-13,19,21H,2-9,14-16,20H2,1H3;1H. The maximum absolute atomic E-state index is 8.90. The van der Waals surface area contributed by atoms with Crippen LogP contribution < -0.4 is 10.5 Å². The van der Waals surface area contributed by atoms with Crippen LogP contribution in [0.2, 0.25) is 0 Å². The molecule has 1 atom stereocenters. The number of unbranched alkanes of at least 4 members (excludes halogenated alkanes) is 7. The Morgan fingerprint density at radius 3 is 2.09 bits per heavy atom. The van der Waals surface area contributed by atoms with E-state index in [1.54, 1.807) is 0 Å². The Hall–Kier alpha value is -0.770. The summed E-state index contributed by atoms with van der Waals surface area (Å²) in [7, 11) is 0. The fourth-order valence-electron chi connectivity index (χ4n) is 2.54. The molecule has 3 N–H and O–H groups in total. The molecule has 0 radical (unpaired) electrons. The van der Waals surface area contributed by atoms with Gasteiger partial charge in [0.05, 0.1) is 6.61 Å². The first-order valence-corrected chi connectivity index (χ1v) is 8.87. The predicted octanol–water partition coefficient (Wildman–Crippen LogP) is 5.01. The Morgan fingerprint density at radius 2 is 1.52 bits per heavy atom. The first kappa shape index (κ1) is 22.2. The van der Waals surface area contributed by atoms with E-state index in [9.17, 15) is 0 Å². The highest BCUT2D eigenvalue weighted by Gasteiger charge is 2.05. The van der Waals surface area contributed by atoms with Crippen molar-refractivity contribution in [2.75, 3.05) is 13.2 Å². The van der Waals surface area contributed by atoms with E-state index in [4.69, 9.17) is 15.6 Å². The van der Waals surface area contributed by atoms with Crippen LogP contribution in [0.3, 0.4) is 0 Å². The summed E-state index contributed by atoms with van der Waals surface area (Å²) in [6.07, 6.45) is 11.1. The number of hydrogen-bond acceptors (Lipinski definition) is 3. The third-order valence-electron chi connectivity index (χ3n) is 4.01. The molecule has 1 aromatic carbocycles. The molecule has 0 heterocycles. The molecule has 0 aromatic heterocycles. The maximum atomic E-state index is 8.90. The Kier molecular flexibility index (Phi) is 14.3. The average Bonchev–Trinajstić information content (AvgIpc) is 2.54. The molecule has 134 valence electrons. The van der Waals surface area contributed by atoms with Crippen LogP contribution in [0.1, 0.15) is 76.3 Å². The lowest BCUT2D eigenvalue weighted by Crippen LogP contribution is -2.11. The van der Waals surface area contributed by atoms with Gasteiger partial charge >= 0.3 is 0 Å². The van der Waals surface area contributed by atoms with Gasteiger partial charge < -0.3 is 15.6 Å². The van der Waals surface area contributed by atoms with Gasteiger partial charge in [-0.3, -0.25) is 0 Å². The van der Waals surface area contributed by atoms with Crippen LogP contribution in [-0.2, 0) is 0 Å². The summed E-state index contributed by atoms with van der Waals surface area (Å²) < 4.78 is 5.76. The smallest absolute Gasteiger partial charge is 0.119 e. The van der Waals surface area contributed by atoms with E-state index in [2.05, 4.69) is 6.92 Å². The second-order valence-corrected chi connectivity index (χ2v) is 6.01. The minimum absolute atomic E-state index is 0. The van der Waals surface area contributed by atoms with Crippen LogP contribution in [0.15, 0.2) is 24.3 Å². The maximum Gasteiger partial charge on any atom is 0.119 e. The second kappa shape index (κ2) is 14.8. The third-order valence-corrected chi connectivity index (χ3v) is 4.01. The molecule has 0 saturated heterocycles. The second-order valence-electron chi connectivity index (χ2n) is 6.01. The third kappa shape index (κ3) is 10.6. The van der Waals surface area contributed by atoms with E-state index < -0.39 is 0 Å². The van der Waals surface area contributed by atoms with Crippen molar-refractivity contribution < 1.29 is 9.84 Å². The van der Waals surface area contributed by atoms with Crippen molar-refractivity contribution in [3.63, 3.8) is 0 Å². The number of aliphatic hydroxyl groups excluding tert-OH is 1. The van der Waals surface area contributed by atoms with Crippen LogP contribution in [0, 0.1) is 0 Å². The number of benzene rings is 1. The summed E-state index contributed by atoms with van der Waals surface area (Å²) in [5.74, 6) is 0.905. The molecule has 4 heteroatoms. The topological polar surface area (TPSA) is 55.5 Å². The van der Waals surface area contributed by atoms with Crippen molar-refractivity contribution in [2.24, 2.45) is 5.73 Å². The molecule has 0 spiro atoms. The molecular formula is C19H34ClNO2. The quantitative estimate of drug-likeness (QED) is 0.495. The zero-order valence-corrected chi connectivity index (χ0v) is 15.3. The van der Waals surface area contributed by atoms with Crippen molar-refractivity contribution in [1.29, 1.82) is 0 Å². The molecule has 0 bridgehead atoms. The molecular weight excluding hydrogens is 310 g/mol. The predicted molar refractivity (Wildman–Crippen MR) is 100 cm³/mol. The van der Waals surface area contributed by atoms with Gasteiger partial charge in [-0.25, -0.2) is 0 Å². The van der Waals surface area contributed by atoms with E-state index in [1.165, 1.54) is 44.9 Å². The first-order chi connectivity index (χ1) is 10.8. The lowest BCUT2D eigenvalue weighted by atomic mass is 10.1. The van der Waals surface area contributed by atoms with Crippen molar-refractivity contribution >= 4 is 12.4 Å². The van der Waals surface area contributed by atoms with E-state index in [0.29, 0.717) is 6.42 Å². The largest absolute Gasteiger partial charge is 0.494 e. The van der Waals surface area contributed by atoms with Gasteiger partial charge in [0, 0.05) is 12.6 Å². The number of ether oxygens (including phenoxy) is 1. The van der Waals surface area contributed by atoms with Gasteiger partial charge in [0.2, 0.25) is 0 Å². The summed E-state index contributed by atoms with van der Waals surface area (Å²) in [6, 6.07) is 7.83. The van der Waals surface area contributed by atoms with Gasteiger partial charge in [-0.2, -0.15) is 0 Å². The summed E-state index contributed by atoms with van der Waals surface area (Å²) in [4.78, 5) is 0. The number of nitrogens with two attached hydrogens (primary N) is 1. The highest BCUT2D eigenvalue weighted by Crippen LogP contribution is 2.18. The molecule has 0 aliphatic rings. The fraction of sp³-hybridized carbons (Fsp3) is 0.684. The summed E-state index contributed by atoms with van der Waals surface area (Å²) >= 11 is 0. The molecule has 0 fully saturated rings. The van der Waals surface area contributed by atoms with Crippen LogP contribution in [0.4, 0.5) is 0 Å². The van der Waals surface area contributed by atoms with Crippen LogP contribution in [-0.4, -0.2) is 18.3 Å². The monoisotopic (exact) mass is 343 g/mol. The van der Waals surface area contributed by atoms with Gasteiger partial charge in [-0.1, -0.05) is 64.0 Å². The van der Waals surface area contributed by atoms with Gasteiger partial charge in [-0.15, -0.1) is 12.4 Å². The van der Waals surface area contributed by atoms with Crippen LogP contribution >= 0.6 is 12.4 Å². The fourth-order valence-corrected chi connectivity index (χ4v) is 2.54. The van der Waals surface area contributed by atoms with Gasteiger partial charge in [0.15, 0.2) is 0 Å². The molecule has 1 rings (SSSR count). The molecule has 0 aliphatic heterocycles. The lowest BCUT2D eigenvalue weighted by Gasteiger charge is -2.11. The molecule has 3 nitrogen and oxygen atoms in total. The van der Waals surface area contributed by atoms with Crippen molar-refractivity contribution in [2.45, 2.75) is 70.8 Å². The van der Waals surface area contributed by atoms with Gasteiger partial charge in [0.25, 0.3) is 0 Å². The number of halogens is 1. The normalized spacial score (nSPS) is 11.8. The zero-order chi connectivity index (χ0) is 16.0. The van der Waals surface area contributed by atoms with Crippen LogP contribution in [0.5, 0.6) is 5.75 Å². The van der Waals surface area contributed by atoms with E-state index in [-0.39, 0.29) is 25.1 Å². The number of hydrogen-bond donors (Lipinski definition) is 2. The summed E-state index contributed by atoms with van der Waals surface area (Å²) in [5, 5.41) is 8.90. The van der Waals surface area contributed by atoms with E-state index in [0.717, 1.165) is 24.3 Å². The molecule has 1 unspecified atom stereocenters. The number of rotatable bonds is 13. The minimum atomic E-state index is -0.0910. The van der Waals surface area contributed by atoms with Gasteiger partial charge in [0.1, 0.15) is 5.75 Å². The van der Waals surface area contributed by atoms with Crippen molar-refractivity contribution in [1.82, 2.24) is 0 Å². The van der Waals surface area contributed by atoms with E-state index in [1.807, 2.05) is 24.3 Å². The highest BCUT2D eigenvalue weighted by molar-refractivity contribution is 5.85. The molecule has 0 aliphatic carbocycles. The Labute approximate surface area is 148 Å². The molecule has 23 heavy (non-hydrogen) atoms. The molecule has 0 saturated carbocycles. The highest BCUT2D eigenvalue weighted by atomic mass is 35.5. The Morgan fingerprint density at radius 1 is 0.957 bits per heavy atom. The molecule has 0 amide bonds. The van der Waals surface area contributed by atoms with Crippen molar-refractivity contribution in [3.8, 4) is 5.75 Å². The SMILES string of the molecule is CCCCCCCCCCOc1ccc(C(N)CCO)cc1.Cl. The molecule has 1 aromatic rings. The van der Waals surface area contributed by atoms with Gasteiger partial charge in [-0.05, 0) is 30.5 Å². The Bertz CT molecular complexity index is 370. The summed E-state index contributed by atoms with van der Waals surface area (Å²) in [5.41, 5.74) is 7.00. The number of aliphatic hydroxyl groups is 1.